The summed E-state index contributed by atoms with van der Waals surface area (Å²) < 4.78 is 0. The first-order valence-electron chi connectivity index (χ1n) is 6.63. The highest BCUT2D eigenvalue weighted by atomic mass is 32.1. The molecule has 0 unspecified atom stereocenters. The quantitative estimate of drug-likeness (QED) is 0.828. The molecule has 0 spiro atoms. The molecule has 0 radical (unpaired) electrons. The molecule has 1 N–H and O–H groups in total. The molecule has 4 nitrogen and oxygen atoms in total. The van der Waals surface area contributed by atoms with E-state index in [1.54, 1.807) is 11.3 Å². The molecule has 1 aromatic heterocycles. The number of nitrogens with zero attached hydrogens (tertiary/aromatic N) is 3. The van der Waals surface area contributed by atoms with Crippen LogP contribution in [0.15, 0.2) is 29.6 Å². The zero-order chi connectivity index (χ0) is 14.4. The van der Waals surface area contributed by atoms with Gasteiger partial charge in [0, 0.05) is 24.7 Å². The van der Waals surface area contributed by atoms with Crippen LogP contribution < -0.4 is 10.2 Å². The third-order valence-corrected chi connectivity index (χ3v) is 3.91. The first kappa shape index (κ1) is 14.5. The summed E-state index contributed by atoms with van der Waals surface area (Å²) in [5, 5.41) is 15.2. The van der Waals surface area contributed by atoms with Crippen molar-refractivity contribution in [3.05, 3.63) is 40.9 Å². The molecule has 0 saturated heterocycles. The fourth-order valence-corrected chi connectivity index (χ4v) is 2.61. The van der Waals surface area contributed by atoms with Crippen LogP contribution in [0.4, 0.5) is 10.8 Å². The molecule has 0 saturated carbocycles. The zero-order valence-corrected chi connectivity index (χ0v) is 12.6. The van der Waals surface area contributed by atoms with E-state index >= 15 is 0 Å². The predicted molar refractivity (Wildman–Crippen MR) is 83.3 cm³/mol. The van der Waals surface area contributed by atoms with Gasteiger partial charge in [-0.3, -0.25) is 0 Å². The number of hydrogen-bond donors (Lipinski definition) is 1. The molecule has 104 valence electrons. The molecular formula is C15H18N4S. The van der Waals surface area contributed by atoms with E-state index in [1.165, 1.54) is 0 Å². The molecule has 0 aliphatic carbocycles. The Morgan fingerprint density at radius 2 is 2.10 bits per heavy atom. The Kier molecular flexibility index (Phi) is 5.10. The Morgan fingerprint density at radius 3 is 2.75 bits per heavy atom. The molecule has 2 rings (SSSR count). The molecule has 5 heteroatoms. The number of thiazole rings is 1. The third-order valence-electron chi connectivity index (χ3n) is 2.94. The summed E-state index contributed by atoms with van der Waals surface area (Å²) in [6, 6.07) is 9.65. The van der Waals surface area contributed by atoms with E-state index in [1.807, 2.05) is 36.2 Å². The maximum Gasteiger partial charge on any atom is 0.189 e. The van der Waals surface area contributed by atoms with Crippen LogP contribution >= 0.6 is 11.3 Å². The summed E-state index contributed by atoms with van der Waals surface area (Å²) in [4.78, 5) is 6.65. The second kappa shape index (κ2) is 7.04. The minimum Gasteiger partial charge on any atom is -0.321 e. The Hall–Kier alpha value is -1.90. The van der Waals surface area contributed by atoms with Crippen LogP contribution in [0.2, 0.25) is 0 Å². The largest absolute Gasteiger partial charge is 0.321 e. The molecule has 0 aliphatic heterocycles. The second-order valence-corrected chi connectivity index (χ2v) is 5.35. The molecule has 1 aromatic carbocycles. The number of benzene rings is 1. The van der Waals surface area contributed by atoms with Gasteiger partial charge in [-0.05, 0) is 37.2 Å². The SMILES string of the molecule is CCCNCc1csc(N(C)c2ccc(C#N)cc2)n1. The molecule has 0 bridgehead atoms. The lowest BCUT2D eigenvalue weighted by molar-refractivity contribution is 0.667. The number of rotatable bonds is 6. The van der Waals surface area contributed by atoms with Crippen LogP contribution in [0.25, 0.3) is 0 Å². The Morgan fingerprint density at radius 1 is 1.35 bits per heavy atom. The van der Waals surface area contributed by atoms with Crippen molar-refractivity contribution >= 4 is 22.2 Å². The fraction of sp³-hybridized carbons (Fsp3) is 0.333. The van der Waals surface area contributed by atoms with Gasteiger partial charge in [0.05, 0.1) is 17.3 Å². The average molecular weight is 286 g/mol. The minimum atomic E-state index is 0.672. The topological polar surface area (TPSA) is 52.0 Å². The van der Waals surface area contributed by atoms with Crippen LogP contribution in [-0.4, -0.2) is 18.6 Å². The van der Waals surface area contributed by atoms with Crippen molar-refractivity contribution < 1.29 is 0 Å². The highest BCUT2D eigenvalue weighted by molar-refractivity contribution is 7.13. The van der Waals surface area contributed by atoms with Crippen LogP contribution in [0.3, 0.4) is 0 Å². The van der Waals surface area contributed by atoms with E-state index in [-0.39, 0.29) is 0 Å². The normalized spacial score (nSPS) is 10.2. The lowest BCUT2D eigenvalue weighted by Crippen LogP contribution is -2.14. The lowest BCUT2D eigenvalue weighted by Gasteiger charge is -2.15. The van der Waals surface area contributed by atoms with E-state index in [4.69, 9.17) is 5.26 Å². The van der Waals surface area contributed by atoms with E-state index in [2.05, 4.69) is 28.7 Å². The Balaban J connectivity index is 2.04. The fourth-order valence-electron chi connectivity index (χ4n) is 1.79. The van der Waals surface area contributed by atoms with E-state index in [0.29, 0.717) is 5.56 Å². The zero-order valence-electron chi connectivity index (χ0n) is 11.8. The van der Waals surface area contributed by atoms with Gasteiger partial charge in [-0.15, -0.1) is 11.3 Å². The van der Waals surface area contributed by atoms with Gasteiger partial charge in [-0.1, -0.05) is 6.92 Å². The Labute approximate surface area is 123 Å². The lowest BCUT2D eigenvalue weighted by atomic mass is 10.2. The summed E-state index contributed by atoms with van der Waals surface area (Å²) in [5.41, 5.74) is 2.77. The summed E-state index contributed by atoms with van der Waals surface area (Å²) >= 11 is 1.63. The average Bonchev–Trinajstić information content (AvgIpc) is 2.96. The monoisotopic (exact) mass is 286 g/mol. The van der Waals surface area contributed by atoms with Gasteiger partial charge < -0.3 is 10.2 Å². The first-order valence-corrected chi connectivity index (χ1v) is 7.51. The smallest absolute Gasteiger partial charge is 0.189 e. The molecule has 0 fully saturated rings. The number of aromatic nitrogens is 1. The standard InChI is InChI=1S/C15H18N4S/c1-3-8-17-10-13-11-20-15(18-13)19(2)14-6-4-12(9-16)5-7-14/h4-7,11,17H,3,8,10H2,1-2H3. The molecule has 0 aliphatic rings. The molecule has 2 aromatic rings. The first-order chi connectivity index (χ1) is 9.74. The molecular weight excluding hydrogens is 268 g/mol. The van der Waals surface area contributed by atoms with E-state index in [0.717, 1.165) is 36.0 Å². The summed E-state index contributed by atoms with van der Waals surface area (Å²) in [6.07, 6.45) is 1.13. The number of nitrogens with one attached hydrogen (secondary N) is 1. The van der Waals surface area contributed by atoms with Crippen molar-refractivity contribution in [2.45, 2.75) is 19.9 Å². The number of nitriles is 1. The van der Waals surface area contributed by atoms with Gasteiger partial charge >= 0.3 is 0 Å². The van der Waals surface area contributed by atoms with Gasteiger partial charge in [0.1, 0.15) is 0 Å². The maximum absolute atomic E-state index is 8.81. The van der Waals surface area contributed by atoms with Crippen molar-refractivity contribution in [2.75, 3.05) is 18.5 Å². The molecule has 20 heavy (non-hydrogen) atoms. The highest BCUT2D eigenvalue weighted by Gasteiger charge is 2.08. The maximum atomic E-state index is 8.81. The van der Waals surface area contributed by atoms with Crippen molar-refractivity contribution in [1.82, 2.24) is 10.3 Å². The molecule has 0 atom stereocenters. The van der Waals surface area contributed by atoms with Gasteiger partial charge in [0.2, 0.25) is 0 Å². The van der Waals surface area contributed by atoms with Crippen molar-refractivity contribution in [3.8, 4) is 6.07 Å². The molecule has 0 amide bonds. The second-order valence-electron chi connectivity index (χ2n) is 4.52. The van der Waals surface area contributed by atoms with Crippen LogP contribution in [0, 0.1) is 11.3 Å². The van der Waals surface area contributed by atoms with E-state index in [9.17, 15) is 0 Å². The number of hydrogen-bond acceptors (Lipinski definition) is 5. The molecule has 1 heterocycles. The van der Waals surface area contributed by atoms with Crippen molar-refractivity contribution in [2.24, 2.45) is 0 Å². The van der Waals surface area contributed by atoms with Crippen LogP contribution in [0.5, 0.6) is 0 Å². The van der Waals surface area contributed by atoms with E-state index < -0.39 is 0 Å². The van der Waals surface area contributed by atoms with Crippen molar-refractivity contribution in [1.29, 1.82) is 5.26 Å². The van der Waals surface area contributed by atoms with Gasteiger partial charge in [-0.2, -0.15) is 5.26 Å². The predicted octanol–water partition coefficient (Wildman–Crippen LogP) is 3.28. The van der Waals surface area contributed by atoms with Gasteiger partial charge in [0.15, 0.2) is 5.13 Å². The Bertz CT molecular complexity index is 583. The number of anilines is 2. The van der Waals surface area contributed by atoms with Gasteiger partial charge in [-0.25, -0.2) is 4.98 Å². The van der Waals surface area contributed by atoms with Gasteiger partial charge in [0.25, 0.3) is 0 Å². The third kappa shape index (κ3) is 3.56. The van der Waals surface area contributed by atoms with Crippen LogP contribution in [-0.2, 0) is 6.54 Å². The van der Waals surface area contributed by atoms with Crippen molar-refractivity contribution in [3.63, 3.8) is 0 Å². The summed E-state index contributed by atoms with van der Waals surface area (Å²) in [6.45, 7) is 3.97. The highest BCUT2D eigenvalue weighted by Crippen LogP contribution is 2.26. The van der Waals surface area contributed by atoms with Crippen LogP contribution in [0.1, 0.15) is 24.6 Å². The minimum absolute atomic E-state index is 0.672. The summed E-state index contributed by atoms with van der Waals surface area (Å²) in [7, 11) is 1.99. The summed E-state index contributed by atoms with van der Waals surface area (Å²) in [5.74, 6) is 0.